The van der Waals surface area contributed by atoms with Gasteiger partial charge in [0.05, 0.1) is 5.35 Å². The fraction of sp³-hybridized carbons (Fsp3) is 0.417. The van der Waals surface area contributed by atoms with E-state index in [0.717, 1.165) is 36.7 Å². The van der Waals surface area contributed by atoms with Gasteiger partial charge in [0.15, 0.2) is 0 Å². The first-order valence-corrected chi connectivity index (χ1v) is 5.34. The van der Waals surface area contributed by atoms with Crippen molar-refractivity contribution in [3.8, 4) is 0 Å². The van der Waals surface area contributed by atoms with E-state index in [9.17, 15) is 0 Å². The second-order valence-corrected chi connectivity index (χ2v) is 4.09. The molecule has 0 amide bonds. The number of aryl methyl sites for hydroxylation is 1. The van der Waals surface area contributed by atoms with Gasteiger partial charge in [-0.2, -0.15) is 0 Å². The summed E-state index contributed by atoms with van der Waals surface area (Å²) in [4.78, 5) is 4.69. The predicted octanol–water partition coefficient (Wildman–Crippen LogP) is 0.507. The number of anilines is 1. The summed E-state index contributed by atoms with van der Waals surface area (Å²) in [5.41, 5.74) is 9.72. The Labute approximate surface area is 83.2 Å². The van der Waals surface area contributed by atoms with E-state index in [0.29, 0.717) is 0 Å². The predicted molar refractivity (Wildman–Crippen MR) is 58.1 cm³/mol. The number of nitrogens with zero attached hydrogens (tertiary/aromatic N) is 1. The summed E-state index contributed by atoms with van der Waals surface area (Å²) in [6.45, 7) is 0. The molecule has 3 rings (SSSR count). The summed E-state index contributed by atoms with van der Waals surface area (Å²) >= 11 is 0. The zero-order valence-corrected chi connectivity index (χ0v) is 8.21. The van der Waals surface area contributed by atoms with E-state index in [-0.39, 0.29) is 0 Å². The van der Waals surface area contributed by atoms with Crippen LogP contribution in [-0.2, 0) is 12.8 Å². The van der Waals surface area contributed by atoms with Crippen molar-refractivity contribution in [1.82, 2.24) is 4.98 Å². The van der Waals surface area contributed by atoms with Gasteiger partial charge in [-0.25, -0.2) is 0 Å². The molecule has 2 nitrogen and oxygen atoms in total. The number of nitrogen functional groups attached to an aromatic ring is 1. The first-order chi connectivity index (χ1) is 6.86. The van der Waals surface area contributed by atoms with E-state index >= 15 is 0 Å². The summed E-state index contributed by atoms with van der Waals surface area (Å²) < 4.78 is 0. The highest BCUT2D eigenvalue weighted by molar-refractivity contribution is 5.56. The van der Waals surface area contributed by atoms with Gasteiger partial charge in [0, 0.05) is 16.6 Å². The molecule has 2 heteroatoms. The second kappa shape index (κ2) is 2.84. The van der Waals surface area contributed by atoms with Crippen LogP contribution in [0.4, 0.5) is 5.69 Å². The van der Waals surface area contributed by atoms with E-state index in [1.165, 1.54) is 22.9 Å². The summed E-state index contributed by atoms with van der Waals surface area (Å²) in [6.07, 6.45) is 10.1. The topological polar surface area (TPSA) is 38.9 Å². The van der Waals surface area contributed by atoms with Crippen molar-refractivity contribution >= 4 is 17.8 Å². The van der Waals surface area contributed by atoms with Crippen molar-refractivity contribution in [2.75, 3.05) is 5.73 Å². The Morgan fingerprint density at radius 3 is 2.93 bits per heavy atom. The molecule has 0 spiro atoms. The molecule has 0 radical (unpaired) electrons. The molecule has 0 saturated heterocycles. The van der Waals surface area contributed by atoms with Gasteiger partial charge in [-0.05, 0) is 37.7 Å². The standard InChI is InChI=1S/C12H14N2/c13-12-8-4-1-2-6-10(8)14-11-7-3-5-9(11)12/h4,6H,1-3,5,7,13H2. The van der Waals surface area contributed by atoms with Crippen LogP contribution in [0.15, 0.2) is 0 Å². The number of hydrogen-bond donors (Lipinski definition) is 1. The Kier molecular flexibility index (Phi) is 1.63. The minimum Gasteiger partial charge on any atom is -0.398 e. The molecule has 72 valence electrons. The van der Waals surface area contributed by atoms with Gasteiger partial charge in [0.2, 0.25) is 0 Å². The Hall–Kier alpha value is -1.31. The molecule has 14 heavy (non-hydrogen) atoms. The molecular weight excluding hydrogens is 172 g/mol. The molecule has 0 aromatic carbocycles. The van der Waals surface area contributed by atoms with Gasteiger partial charge in [0.25, 0.3) is 0 Å². The lowest BCUT2D eigenvalue weighted by Gasteiger charge is -2.07. The highest BCUT2D eigenvalue weighted by Gasteiger charge is 2.16. The zero-order chi connectivity index (χ0) is 9.54. The van der Waals surface area contributed by atoms with Crippen molar-refractivity contribution in [2.45, 2.75) is 32.1 Å². The minimum absolute atomic E-state index is 0.999. The van der Waals surface area contributed by atoms with Gasteiger partial charge in [-0.3, -0.25) is 4.98 Å². The van der Waals surface area contributed by atoms with Crippen LogP contribution in [0, 0.1) is 0 Å². The third-order valence-corrected chi connectivity index (χ3v) is 3.19. The lowest BCUT2D eigenvalue weighted by Crippen LogP contribution is -2.34. The van der Waals surface area contributed by atoms with Gasteiger partial charge in [0.1, 0.15) is 0 Å². The number of pyridine rings is 1. The lowest BCUT2D eigenvalue weighted by atomic mass is 10.1. The average molecular weight is 186 g/mol. The van der Waals surface area contributed by atoms with Crippen LogP contribution in [0.25, 0.3) is 12.2 Å². The molecule has 1 aromatic rings. The monoisotopic (exact) mass is 186 g/mol. The molecule has 1 heterocycles. The summed E-state index contributed by atoms with van der Waals surface area (Å²) in [7, 11) is 0. The highest BCUT2D eigenvalue weighted by Crippen LogP contribution is 2.21. The maximum absolute atomic E-state index is 6.16. The SMILES string of the molecule is Nc1c2c(nc3c1=CCCC=3)CCC2. The smallest absolute Gasteiger partial charge is 0.0683 e. The Bertz CT molecular complexity index is 500. The van der Waals surface area contributed by atoms with Crippen molar-refractivity contribution in [3.63, 3.8) is 0 Å². The largest absolute Gasteiger partial charge is 0.398 e. The van der Waals surface area contributed by atoms with Gasteiger partial charge < -0.3 is 5.73 Å². The summed E-state index contributed by atoms with van der Waals surface area (Å²) in [6, 6.07) is 0. The van der Waals surface area contributed by atoms with Crippen LogP contribution in [-0.4, -0.2) is 4.98 Å². The van der Waals surface area contributed by atoms with Crippen LogP contribution in [0.1, 0.15) is 30.5 Å². The Balaban J connectivity index is 2.43. The summed E-state index contributed by atoms with van der Waals surface area (Å²) in [5, 5.41) is 2.31. The van der Waals surface area contributed by atoms with Gasteiger partial charge >= 0.3 is 0 Å². The molecule has 2 aliphatic rings. The van der Waals surface area contributed by atoms with Crippen LogP contribution < -0.4 is 16.3 Å². The number of aromatic nitrogens is 1. The van der Waals surface area contributed by atoms with E-state index < -0.39 is 0 Å². The van der Waals surface area contributed by atoms with Gasteiger partial charge in [-0.1, -0.05) is 12.2 Å². The van der Waals surface area contributed by atoms with Crippen LogP contribution in [0.3, 0.4) is 0 Å². The molecule has 0 atom stereocenters. The first kappa shape index (κ1) is 8.04. The van der Waals surface area contributed by atoms with Crippen LogP contribution in [0.5, 0.6) is 0 Å². The fourth-order valence-electron chi connectivity index (χ4n) is 2.47. The number of rotatable bonds is 0. The molecule has 0 saturated carbocycles. The maximum Gasteiger partial charge on any atom is 0.0683 e. The molecule has 2 aliphatic carbocycles. The maximum atomic E-state index is 6.16. The normalized spacial score (nSPS) is 18.0. The van der Waals surface area contributed by atoms with Gasteiger partial charge in [-0.15, -0.1) is 0 Å². The molecule has 0 fully saturated rings. The highest BCUT2D eigenvalue weighted by atomic mass is 14.7. The van der Waals surface area contributed by atoms with E-state index in [4.69, 9.17) is 5.73 Å². The Morgan fingerprint density at radius 1 is 1.14 bits per heavy atom. The number of nitrogens with two attached hydrogens (primary N) is 1. The average Bonchev–Trinajstić information content (AvgIpc) is 2.66. The molecular formula is C12H14N2. The minimum atomic E-state index is 0.999. The molecule has 2 N–H and O–H groups in total. The molecule has 0 bridgehead atoms. The number of hydrogen-bond acceptors (Lipinski definition) is 2. The van der Waals surface area contributed by atoms with Crippen molar-refractivity contribution < 1.29 is 0 Å². The van der Waals surface area contributed by atoms with Crippen molar-refractivity contribution in [3.05, 3.63) is 21.8 Å². The van der Waals surface area contributed by atoms with E-state index in [1.807, 2.05) is 0 Å². The molecule has 1 aromatic heterocycles. The quantitative estimate of drug-likeness (QED) is 0.641. The second-order valence-electron chi connectivity index (χ2n) is 4.09. The lowest BCUT2D eigenvalue weighted by molar-refractivity contribution is 0.896. The Morgan fingerprint density at radius 2 is 2.00 bits per heavy atom. The number of fused-ring (bicyclic) bond motifs is 2. The zero-order valence-electron chi connectivity index (χ0n) is 8.21. The van der Waals surface area contributed by atoms with Crippen molar-refractivity contribution in [1.29, 1.82) is 0 Å². The molecule has 0 unspecified atom stereocenters. The molecule has 0 aliphatic heterocycles. The van der Waals surface area contributed by atoms with E-state index in [1.54, 1.807) is 0 Å². The fourth-order valence-corrected chi connectivity index (χ4v) is 2.47. The third-order valence-electron chi connectivity index (χ3n) is 3.19. The van der Waals surface area contributed by atoms with Crippen LogP contribution in [0.2, 0.25) is 0 Å². The third kappa shape index (κ3) is 0.999. The van der Waals surface area contributed by atoms with E-state index in [2.05, 4.69) is 17.1 Å². The van der Waals surface area contributed by atoms with Crippen molar-refractivity contribution in [2.24, 2.45) is 0 Å². The van der Waals surface area contributed by atoms with Crippen LogP contribution >= 0.6 is 0 Å². The first-order valence-electron chi connectivity index (χ1n) is 5.34. The summed E-state index contributed by atoms with van der Waals surface area (Å²) in [5.74, 6) is 0.